The zero-order valence-corrected chi connectivity index (χ0v) is 19.0. The van der Waals surface area contributed by atoms with E-state index in [1.54, 1.807) is 6.08 Å². The van der Waals surface area contributed by atoms with Crippen LogP contribution in [0.25, 0.3) is 27.6 Å². The molecule has 1 amide bonds. The van der Waals surface area contributed by atoms with Gasteiger partial charge in [-0.3, -0.25) is 9.69 Å². The number of fused-ring (bicyclic) bond motifs is 2. The number of thiocarbonyl (C=S) groups is 1. The van der Waals surface area contributed by atoms with Gasteiger partial charge in [-0.25, -0.2) is 9.59 Å². The van der Waals surface area contributed by atoms with Crippen molar-refractivity contribution in [2.75, 3.05) is 4.90 Å². The Labute approximate surface area is 203 Å². The minimum absolute atomic E-state index is 0.103. The van der Waals surface area contributed by atoms with Gasteiger partial charge in [0.25, 0.3) is 5.91 Å². The lowest BCUT2D eigenvalue weighted by Crippen LogP contribution is -2.28. The zero-order chi connectivity index (χ0) is 24.0. The van der Waals surface area contributed by atoms with Gasteiger partial charge in [0.1, 0.15) is 0 Å². The SMILES string of the molecule is O=C(O)c1cc(C(=O)O)cc(N2C(=O)C(=Cc3c4ccccc4cc4ccccc34)SC2=S)c1. The molecule has 0 bridgehead atoms. The molecule has 0 radical (unpaired) electrons. The van der Waals surface area contributed by atoms with Crippen molar-refractivity contribution in [3.63, 3.8) is 0 Å². The molecule has 1 heterocycles. The van der Waals surface area contributed by atoms with Crippen LogP contribution in [-0.2, 0) is 4.79 Å². The molecule has 1 saturated heterocycles. The fraction of sp³-hybridized carbons (Fsp3) is 0. The topological polar surface area (TPSA) is 94.9 Å². The Kier molecular flexibility index (Phi) is 5.39. The van der Waals surface area contributed by atoms with Crippen molar-refractivity contribution in [1.29, 1.82) is 0 Å². The lowest BCUT2D eigenvalue weighted by molar-refractivity contribution is -0.113. The minimum Gasteiger partial charge on any atom is -0.478 e. The highest BCUT2D eigenvalue weighted by Gasteiger charge is 2.34. The molecule has 166 valence electrons. The van der Waals surface area contributed by atoms with Crippen molar-refractivity contribution in [2.24, 2.45) is 0 Å². The first kappa shape index (κ1) is 21.8. The van der Waals surface area contributed by atoms with Gasteiger partial charge >= 0.3 is 11.9 Å². The Bertz CT molecular complexity index is 1500. The van der Waals surface area contributed by atoms with Crippen LogP contribution in [0.1, 0.15) is 26.3 Å². The molecule has 0 atom stereocenters. The number of carbonyl (C=O) groups is 3. The molecule has 1 fully saturated rings. The second-order valence-corrected chi connectivity index (χ2v) is 9.30. The van der Waals surface area contributed by atoms with E-state index < -0.39 is 17.8 Å². The Morgan fingerprint density at radius 3 is 1.88 bits per heavy atom. The van der Waals surface area contributed by atoms with Crippen LogP contribution in [0.2, 0.25) is 0 Å². The standard InChI is InChI=1S/C26H15NO5S2/c28-23-22(13-21-19-7-3-1-5-14(19)9-15-6-2-4-8-20(15)21)34-26(33)27(23)18-11-16(24(29)30)10-17(12-18)25(31)32/h1-13H,(H,29,30)(H,31,32). The van der Waals surface area contributed by atoms with E-state index in [9.17, 15) is 24.6 Å². The monoisotopic (exact) mass is 485 g/mol. The molecule has 0 saturated carbocycles. The van der Waals surface area contributed by atoms with E-state index in [0.717, 1.165) is 44.9 Å². The number of aromatic carboxylic acids is 2. The highest BCUT2D eigenvalue weighted by molar-refractivity contribution is 8.27. The molecular formula is C26H15NO5S2. The second kappa shape index (κ2) is 8.40. The van der Waals surface area contributed by atoms with Crippen LogP contribution >= 0.6 is 24.0 Å². The maximum Gasteiger partial charge on any atom is 0.335 e. The van der Waals surface area contributed by atoms with E-state index >= 15 is 0 Å². The molecule has 5 rings (SSSR count). The number of amides is 1. The summed E-state index contributed by atoms with van der Waals surface area (Å²) in [5.74, 6) is -3.04. The zero-order valence-electron chi connectivity index (χ0n) is 17.4. The molecule has 4 aromatic rings. The number of carboxylic acid groups (broad SMARTS) is 2. The summed E-state index contributed by atoms with van der Waals surface area (Å²) in [6, 6.07) is 21.4. The molecule has 1 aliphatic heterocycles. The summed E-state index contributed by atoms with van der Waals surface area (Å²) in [6.07, 6.45) is 1.79. The van der Waals surface area contributed by atoms with Crippen LogP contribution in [0.5, 0.6) is 0 Å². The number of hydrogen-bond acceptors (Lipinski definition) is 5. The van der Waals surface area contributed by atoms with E-state index in [2.05, 4.69) is 6.07 Å². The molecule has 0 aliphatic carbocycles. The lowest BCUT2D eigenvalue weighted by Gasteiger charge is -2.16. The average molecular weight is 486 g/mol. The fourth-order valence-electron chi connectivity index (χ4n) is 4.01. The number of carboxylic acids is 2. The number of benzene rings is 4. The number of thioether (sulfide) groups is 1. The first-order chi connectivity index (χ1) is 16.3. The third-order valence-electron chi connectivity index (χ3n) is 5.55. The quantitative estimate of drug-likeness (QED) is 0.214. The van der Waals surface area contributed by atoms with Crippen molar-refractivity contribution in [3.8, 4) is 0 Å². The Hall–Kier alpha value is -4.01. The van der Waals surface area contributed by atoms with E-state index in [1.165, 1.54) is 17.0 Å². The van der Waals surface area contributed by atoms with E-state index in [1.807, 2.05) is 48.5 Å². The Morgan fingerprint density at radius 1 is 0.824 bits per heavy atom. The molecule has 2 N–H and O–H groups in total. The van der Waals surface area contributed by atoms with Gasteiger partial charge in [-0.1, -0.05) is 72.5 Å². The number of rotatable bonds is 4. The summed E-state index contributed by atoms with van der Waals surface area (Å²) < 4.78 is 0.194. The van der Waals surface area contributed by atoms with Crippen molar-refractivity contribution < 1.29 is 24.6 Å². The van der Waals surface area contributed by atoms with Gasteiger partial charge in [-0.05, 0) is 57.4 Å². The Morgan fingerprint density at radius 2 is 1.35 bits per heavy atom. The average Bonchev–Trinajstić information content (AvgIpc) is 3.11. The molecule has 34 heavy (non-hydrogen) atoms. The molecular weight excluding hydrogens is 470 g/mol. The van der Waals surface area contributed by atoms with Gasteiger partial charge in [0, 0.05) is 0 Å². The predicted molar refractivity (Wildman–Crippen MR) is 137 cm³/mol. The summed E-state index contributed by atoms with van der Waals surface area (Å²) in [5.41, 5.74) is 0.492. The van der Waals surface area contributed by atoms with Gasteiger partial charge in [-0.2, -0.15) is 0 Å². The third kappa shape index (κ3) is 3.72. The first-order valence-corrected chi connectivity index (χ1v) is 11.4. The number of carbonyl (C=O) groups excluding carboxylic acids is 1. The maximum atomic E-state index is 13.4. The van der Waals surface area contributed by atoms with Crippen LogP contribution in [0, 0.1) is 0 Å². The normalized spacial score (nSPS) is 14.9. The van der Waals surface area contributed by atoms with Crippen LogP contribution in [0.15, 0.2) is 77.7 Å². The largest absolute Gasteiger partial charge is 0.478 e. The van der Waals surface area contributed by atoms with Crippen molar-refractivity contribution in [3.05, 3.63) is 94.4 Å². The minimum atomic E-state index is -1.30. The number of anilines is 1. The van der Waals surface area contributed by atoms with Crippen molar-refractivity contribution in [1.82, 2.24) is 0 Å². The third-order valence-corrected chi connectivity index (χ3v) is 6.85. The first-order valence-electron chi connectivity index (χ1n) is 10.1. The van der Waals surface area contributed by atoms with E-state index in [0.29, 0.717) is 4.91 Å². The smallest absolute Gasteiger partial charge is 0.335 e. The van der Waals surface area contributed by atoms with Crippen LogP contribution in [0.3, 0.4) is 0 Å². The predicted octanol–water partition coefficient (Wildman–Crippen LogP) is 5.80. The summed E-state index contributed by atoms with van der Waals surface area (Å²) in [7, 11) is 0. The lowest BCUT2D eigenvalue weighted by atomic mass is 9.96. The summed E-state index contributed by atoms with van der Waals surface area (Å²) in [5, 5.41) is 22.8. The highest BCUT2D eigenvalue weighted by Crippen LogP contribution is 2.39. The summed E-state index contributed by atoms with van der Waals surface area (Å²) in [4.78, 5) is 38.0. The van der Waals surface area contributed by atoms with Gasteiger partial charge in [0.15, 0.2) is 4.32 Å². The van der Waals surface area contributed by atoms with Crippen LogP contribution in [-0.4, -0.2) is 32.4 Å². The molecule has 6 nitrogen and oxygen atoms in total. The van der Waals surface area contributed by atoms with Crippen molar-refractivity contribution >= 4 is 79.5 Å². The van der Waals surface area contributed by atoms with E-state index in [4.69, 9.17) is 12.2 Å². The van der Waals surface area contributed by atoms with Crippen LogP contribution < -0.4 is 4.90 Å². The molecule has 0 unspecified atom stereocenters. The van der Waals surface area contributed by atoms with Gasteiger partial charge in [0.05, 0.1) is 21.7 Å². The highest BCUT2D eigenvalue weighted by atomic mass is 32.2. The molecule has 4 aromatic carbocycles. The van der Waals surface area contributed by atoms with Crippen LogP contribution in [0.4, 0.5) is 5.69 Å². The number of hydrogen-bond donors (Lipinski definition) is 2. The Balaban J connectivity index is 1.65. The fourth-order valence-corrected chi connectivity index (χ4v) is 5.29. The summed E-state index contributed by atoms with van der Waals surface area (Å²) in [6.45, 7) is 0. The summed E-state index contributed by atoms with van der Waals surface area (Å²) >= 11 is 6.53. The second-order valence-electron chi connectivity index (χ2n) is 7.63. The van der Waals surface area contributed by atoms with Gasteiger partial charge < -0.3 is 10.2 Å². The molecule has 0 aromatic heterocycles. The maximum absolute atomic E-state index is 13.4. The van der Waals surface area contributed by atoms with E-state index in [-0.39, 0.29) is 21.1 Å². The number of nitrogens with zero attached hydrogens (tertiary/aromatic N) is 1. The van der Waals surface area contributed by atoms with Gasteiger partial charge in [0.2, 0.25) is 0 Å². The molecule has 8 heteroatoms. The van der Waals surface area contributed by atoms with Crippen molar-refractivity contribution in [2.45, 2.75) is 0 Å². The molecule has 1 aliphatic rings. The van der Waals surface area contributed by atoms with Gasteiger partial charge in [-0.15, -0.1) is 0 Å². The molecule has 0 spiro atoms.